The van der Waals surface area contributed by atoms with Crippen LogP contribution in [0.15, 0.2) is 54.6 Å². The Balaban J connectivity index is 2.37. The van der Waals surface area contributed by atoms with Gasteiger partial charge >= 0.3 is 0 Å². The van der Waals surface area contributed by atoms with Gasteiger partial charge in [-0.2, -0.15) is 0 Å². The number of amides is 4. The highest BCUT2D eigenvalue weighted by molar-refractivity contribution is 5.93. The van der Waals surface area contributed by atoms with Gasteiger partial charge in [-0.05, 0) is 41.4 Å². The largest absolute Gasteiger partial charge is 0.368 e. The summed E-state index contributed by atoms with van der Waals surface area (Å²) in [5.41, 5.74) is 9.52. The minimum absolute atomic E-state index is 0.0879. The molecular formula is C28H38N4O5. The molecule has 9 nitrogen and oxygen atoms in total. The van der Waals surface area contributed by atoms with Crippen LogP contribution < -0.4 is 21.8 Å². The second-order valence-electron chi connectivity index (χ2n) is 10.1. The molecule has 2 rings (SSSR count). The number of primary amides is 1. The molecule has 37 heavy (non-hydrogen) atoms. The van der Waals surface area contributed by atoms with Gasteiger partial charge < -0.3 is 16.4 Å². The first kappa shape index (κ1) is 29.5. The second-order valence-corrected chi connectivity index (χ2v) is 10.1. The molecular weight excluding hydrogens is 472 g/mol. The van der Waals surface area contributed by atoms with E-state index in [1.807, 2.05) is 70.2 Å². The topological polar surface area (TPSA) is 151 Å². The second kappa shape index (κ2) is 14.1. The molecule has 0 heterocycles. The highest BCUT2D eigenvalue weighted by atomic mass is 16.5. The summed E-state index contributed by atoms with van der Waals surface area (Å²) in [6.45, 7) is 7.64. The molecule has 4 amide bonds. The molecule has 0 aliphatic rings. The Labute approximate surface area is 218 Å². The van der Waals surface area contributed by atoms with Gasteiger partial charge in [-0.15, -0.1) is 0 Å². The molecule has 0 aromatic heterocycles. The Bertz CT molecular complexity index is 1050. The van der Waals surface area contributed by atoms with E-state index < -0.39 is 41.6 Å². The van der Waals surface area contributed by atoms with Crippen molar-refractivity contribution in [3.05, 3.63) is 60.2 Å². The number of carbonyl (C=O) groups is 4. The summed E-state index contributed by atoms with van der Waals surface area (Å²) in [6.07, 6.45) is 0.484. The molecule has 3 atom stereocenters. The van der Waals surface area contributed by atoms with Crippen molar-refractivity contribution in [1.29, 1.82) is 0 Å². The zero-order chi connectivity index (χ0) is 27.5. The number of nitrogens with one attached hydrogen (secondary N) is 3. The molecule has 0 spiro atoms. The maximum absolute atomic E-state index is 13.4. The zero-order valence-electron chi connectivity index (χ0n) is 21.9. The molecule has 0 saturated heterocycles. The van der Waals surface area contributed by atoms with Crippen molar-refractivity contribution >= 4 is 23.6 Å². The third-order valence-electron chi connectivity index (χ3n) is 5.95. The van der Waals surface area contributed by atoms with E-state index in [-0.39, 0.29) is 18.3 Å². The van der Waals surface area contributed by atoms with Crippen molar-refractivity contribution in [2.75, 3.05) is 0 Å². The van der Waals surface area contributed by atoms with E-state index in [0.717, 1.165) is 11.1 Å². The summed E-state index contributed by atoms with van der Waals surface area (Å²) < 4.78 is 0. The van der Waals surface area contributed by atoms with Gasteiger partial charge in [0.1, 0.15) is 12.1 Å². The average Bonchev–Trinajstić information content (AvgIpc) is 2.86. The van der Waals surface area contributed by atoms with Gasteiger partial charge in [-0.3, -0.25) is 24.4 Å². The summed E-state index contributed by atoms with van der Waals surface area (Å²) in [6, 6.07) is 14.9. The van der Waals surface area contributed by atoms with E-state index in [1.165, 1.54) is 0 Å². The summed E-state index contributed by atoms with van der Waals surface area (Å²) in [4.78, 5) is 50.5. The smallest absolute Gasteiger partial charge is 0.247 e. The Kier molecular flexibility index (Phi) is 11.3. The zero-order valence-corrected chi connectivity index (χ0v) is 21.9. The summed E-state index contributed by atoms with van der Waals surface area (Å²) in [7, 11) is 0. The van der Waals surface area contributed by atoms with Crippen LogP contribution in [0, 0.1) is 17.8 Å². The molecule has 6 N–H and O–H groups in total. The lowest BCUT2D eigenvalue weighted by Crippen LogP contribution is -2.50. The fourth-order valence-electron chi connectivity index (χ4n) is 4.15. The Morgan fingerprint density at radius 2 is 1.35 bits per heavy atom. The molecule has 0 aliphatic carbocycles. The molecule has 2 aromatic carbocycles. The third kappa shape index (κ3) is 9.34. The summed E-state index contributed by atoms with van der Waals surface area (Å²) in [5, 5.41) is 14.4. The van der Waals surface area contributed by atoms with Crippen molar-refractivity contribution in [2.45, 2.75) is 59.0 Å². The fraction of sp³-hybridized carbons (Fsp3) is 0.429. The van der Waals surface area contributed by atoms with E-state index in [0.29, 0.717) is 18.4 Å². The van der Waals surface area contributed by atoms with Crippen molar-refractivity contribution in [1.82, 2.24) is 16.1 Å². The number of benzene rings is 2. The van der Waals surface area contributed by atoms with E-state index >= 15 is 0 Å². The van der Waals surface area contributed by atoms with Gasteiger partial charge in [0.05, 0.1) is 0 Å². The highest BCUT2D eigenvalue weighted by Gasteiger charge is 2.31. The van der Waals surface area contributed by atoms with Crippen LogP contribution >= 0.6 is 0 Å². The molecule has 200 valence electrons. The molecule has 0 saturated carbocycles. The lowest BCUT2D eigenvalue weighted by molar-refractivity contribution is -0.137. The van der Waals surface area contributed by atoms with Crippen LogP contribution in [0.1, 0.15) is 58.6 Å². The lowest BCUT2D eigenvalue weighted by Gasteiger charge is -2.25. The first-order valence-corrected chi connectivity index (χ1v) is 12.5. The van der Waals surface area contributed by atoms with Crippen LogP contribution in [0.25, 0.3) is 11.1 Å². The SMILES string of the molecule is CC(C)CC(CC(=O)NO)C(=O)N[C@H](C(=O)N[C@@H](CC(C)C)C(N)=O)c1ccc(-c2ccccc2)cc1. The Hall–Kier alpha value is -3.72. The molecule has 0 aliphatic heterocycles. The van der Waals surface area contributed by atoms with Crippen molar-refractivity contribution < 1.29 is 24.4 Å². The van der Waals surface area contributed by atoms with Gasteiger partial charge in [0.2, 0.25) is 23.6 Å². The maximum Gasteiger partial charge on any atom is 0.247 e. The highest BCUT2D eigenvalue weighted by Crippen LogP contribution is 2.24. The minimum Gasteiger partial charge on any atom is -0.368 e. The molecule has 0 bridgehead atoms. The monoisotopic (exact) mass is 510 g/mol. The molecule has 0 radical (unpaired) electrons. The average molecular weight is 511 g/mol. The van der Waals surface area contributed by atoms with Crippen LogP contribution in [0.5, 0.6) is 0 Å². The fourth-order valence-corrected chi connectivity index (χ4v) is 4.15. The van der Waals surface area contributed by atoms with Gasteiger partial charge in [0.15, 0.2) is 0 Å². The van der Waals surface area contributed by atoms with Crippen molar-refractivity contribution in [3.8, 4) is 11.1 Å². The number of hydrogen-bond donors (Lipinski definition) is 5. The Morgan fingerprint density at radius 1 is 0.784 bits per heavy atom. The van der Waals surface area contributed by atoms with Crippen LogP contribution in [0.2, 0.25) is 0 Å². The van der Waals surface area contributed by atoms with E-state index in [2.05, 4.69) is 10.6 Å². The van der Waals surface area contributed by atoms with Crippen molar-refractivity contribution in [3.63, 3.8) is 0 Å². The van der Waals surface area contributed by atoms with Crippen molar-refractivity contribution in [2.24, 2.45) is 23.5 Å². The number of hydrogen-bond acceptors (Lipinski definition) is 5. The van der Waals surface area contributed by atoms with Crippen LogP contribution in [-0.4, -0.2) is 34.9 Å². The number of hydroxylamine groups is 1. The first-order valence-electron chi connectivity index (χ1n) is 12.5. The normalized spacial score (nSPS) is 13.5. The number of nitrogens with two attached hydrogens (primary N) is 1. The molecule has 9 heteroatoms. The molecule has 0 fully saturated rings. The first-order chi connectivity index (χ1) is 17.5. The van der Waals surface area contributed by atoms with Crippen LogP contribution in [0.3, 0.4) is 0 Å². The van der Waals surface area contributed by atoms with Gasteiger partial charge in [-0.1, -0.05) is 82.3 Å². The maximum atomic E-state index is 13.4. The van der Waals surface area contributed by atoms with Gasteiger partial charge in [0.25, 0.3) is 0 Å². The predicted octanol–water partition coefficient (Wildman–Crippen LogP) is 3.08. The molecule has 2 aromatic rings. The van der Waals surface area contributed by atoms with E-state index in [1.54, 1.807) is 17.6 Å². The van der Waals surface area contributed by atoms with Crippen LogP contribution in [0.4, 0.5) is 0 Å². The lowest BCUT2D eigenvalue weighted by atomic mass is 9.92. The van der Waals surface area contributed by atoms with Crippen LogP contribution in [-0.2, 0) is 19.2 Å². The standard InChI is InChI=1S/C28H38N4O5/c1-17(2)14-22(16-24(33)32-37)27(35)31-25(28(36)30-23(26(29)34)15-18(3)4)21-12-10-20(11-13-21)19-8-6-5-7-9-19/h5-13,17-18,22-23,25,37H,14-16H2,1-4H3,(H2,29,34)(H,30,36)(H,31,35)(H,32,33)/t22?,23-,25-/m0/s1. The van der Waals surface area contributed by atoms with E-state index in [4.69, 9.17) is 10.9 Å². The van der Waals surface area contributed by atoms with E-state index in [9.17, 15) is 19.2 Å². The Morgan fingerprint density at radius 3 is 1.86 bits per heavy atom. The quantitative estimate of drug-likeness (QED) is 0.207. The minimum atomic E-state index is -1.13. The van der Waals surface area contributed by atoms with Gasteiger partial charge in [-0.25, -0.2) is 5.48 Å². The number of rotatable bonds is 13. The number of carbonyl (C=O) groups excluding carboxylic acids is 4. The predicted molar refractivity (Wildman–Crippen MR) is 141 cm³/mol. The third-order valence-corrected chi connectivity index (χ3v) is 5.95. The van der Waals surface area contributed by atoms with Gasteiger partial charge in [0, 0.05) is 12.3 Å². The summed E-state index contributed by atoms with van der Waals surface area (Å²) in [5.74, 6) is -3.03. The molecule has 1 unspecified atom stereocenters. The summed E-state index contributed by atoms with van der Waals surface area (Å²) >= 11 is 0.